The van der Waals surface area contributed by atoms with Crippen molar-refractivity contribution in [2.75, 3.05) is 30.7 Å². The fourth-order valence-electron chi connectivity index (χ4n) is 20.1. The summed E-state index contributed by atoms with van der Waals surface area (Å²) in [6.45, 7) is 0. The van der Waals surface area contributed by atoms with Gasteiger partial charge in [-0.05, 0) is 272 Å². The van der Waals surface area contributed by atoms with Crippen molar-refractivity contribution in [2.45, 2.75) is 0 Å². The molecule has 29 rings (SSSR count). The number of anilines is 15. The van der Waals surface area contributed by atoms with Crippen LogP contribution in [0.5, 0.6) is 0 Å². The summed E-state index contributed by atoms with van der Waals surface area (Å²) >= 11 is 13.0. The van der Waals surface area contributed by atoms with Gasteiger partial charge in [0.1, 0.15) is 11.2 Å². The molecule has 0 aliphatic heterocycles. The van der Waals surface area contributed by atoms with Gasteiger partial charge in [-0.2, -0.15) is 0 Å². The van der Waals surface area contributed by atoms with Crippen molar-refractivity contribution in [1.29, 1.82) is 0 Å². The first-order valence-electron chi connectivity index (χ1n) is 46.7. The molecule has 0 unspecified atom stereocenters. The highest BCUT2D eigenvalue weighted by Gasteiger charge is 2.23. The van der Waals surface area contributed by atoms with Gasteiger partial charge < -0.3 is 35.1 Å². The minimum Gasteiger partial charge on any atom is -0.456 e. The first-order chi connectivity index (χ1) is 69.3. The molecule has 0 aliphatic carbocycles. The molecular formula is C126H80N6OS7. The largest absolute Gasteiger partial charge is 0.456 e. The Bertz CT molecular complexity index is 9440. The second-order valence-electron chi connectivity index (χ2n) is 35.3. The number of para-hydroxylation sites is 5. The van der Waals surface area contributed by atoms with Crippen molar-refractivity contribution in [1.82, 2.24) is 0 Å². The minimum absolute atomic E-state index is 0.898. The summed E-state index contributed by atoms with van der Waals surface area (Å²) in [7, 11) is 0. The third-order valence-electron chi connectivity index (χ3n) is 26.6. The highest BCUT2D eigenvalue weighted by molar-refractivity contribution is 7.28. The van der Waals surface area contributed by atoms with Crippen molar-refractivity contribution < 1.29 is 4.42 Å². The molecule has 662 valence electrons. The molecule has 3 N–H and O–H groups in total. The number of nitrogens with one attached hydrogen (secondary N) is 3. The third kappa shape index (κ3) is 15.4. The van der Waals surface area contributed by atoms with Crippen molar-refractivity contribution in [3.63, 3.8) is 0 Å². The van der Waals surface area contributed by atoms with Crippen LogP contribution >= 0.6 is 79.4 Å². The predicted octanol–water partition coefficient (Wildman–Crippen LogP) is 40.8. The van der Waals surface area contributed by atoms with E-state index in [9.17, 15) is 0 Å². The predicted molar refractivity (Wildman–Crippen MR) is 615 cm³/mol. The molecular weight excluding hydrogens is 1840 g/mol. The number of rotatable bonds is 16. The van der Waals surface area contributed by atoms with Crippen LogP contribution in [0.25, 0.3) is 174 Å². The topological polar surface area (TPSA) is 59.0 Å². The van der Waals surface area contributed by atoms with E-state index in [1.54, 1.807) is 0 Å². The van der Waals surface area contributed by atoms with Gasteiger partial charge in [0.05, 0.1) is 0 Å². The van der Waals surface area contributed by atoms with E-state index >= 15 is 0 Å². The fourth-order valence-corrected chi connectivity index (χ4v) is 27.8. The van der Waals surface area contributed by atoms with Crippen LogP contribution in [0.3, 0.4) is 0 Å². The van der Waals surface area contributed by atoms with Crippen LogP contribution in [0, 0.1) is 0 Å². The van der Waals surface area contributed by atoms with Gasteiger partial charge in [0.15, 0.2) is 0 Å². The molecule has 7 nitrogen and oxygen atoms in total. The molecule has 0 bridgehead atoms. The molecule has 140 heavy (non-hydrogen) atoms. The lowest BCUT2D eigenvalue weighted by atomic mass is 10.0. The van der Waals surface area contributed by atoms with Crippen molar-refractivity contribution in [3.8, 4) is 11.1 Å². The Morgan fingerprint density at radius 1 is 0.136 bits per heavy atom. The molecule has 0 saturated carbocycles. The van der Waals surface area contributed by atoms with E-state index in [-0.39, 0.29) is 0 Å². The van der Waals surface area contributed by atoms with Crippen LogP contribution < -0.4 is 30.7 Å². The van der Waals surface area contributed by atoms with Gasteiger partial charge in [0.2, 0.25) is 0 Å². The summed E-state index contributed by atoms with van der Waals surface area (Å²) in [5.74, 6) is 0. The quantitative estimate of drug-likeness (QED) is 0.0891. The van der Waals surface area contributed by atoms with Crippen LogP contribution in [0.4, 0.5) is 85.3 Å². The molecule has 14 heteroatoms. The Labute approximate surface area is 833 Å². The molecule has 0 atom stereocenters. The van der Waals surface area contributed by atoms with Crippen LogP contribution in [0.1, 0.15) is 0 Å². The maximum atomic E-state index is 6.15. The number of hydrogen-bond donors (Lipinski definition) is 3. The molecule has 0 saturated heterocycles. The van der Waals surface area contributed by atoms with Gasteiger partial charge in [-0.1, -0.05) is 206 Å². The lowest BCUT2D eigenvalue weighted by molar-refractivity contribution is 0.669. The van der Waals surface area contributed by atoms with Crippen LogP contribution in [-0.4, -0.2) is 0 Å². The fraction of sp³-hybridized carbons (Fsp3) is 0. The Balaban J connectivity index is 0.000000105. The summed E-state index contributed by atoms with van der Waals surface area (Å²) < 4.78 is 24.4. The zero-order valence-corrected chi connectivity index (χ0v) is 80.8. The Morgan fingerprint density at radius 3 is 0.736 bits per heavy atom. The average molecular weight is 1920 g/mol. The van der Waals surface area contributed by atoms with Crippen molar-refractivity contribution in [3.05, 3.63) is 467 Å². The van der Waals surface area contributed by atoms with E-state index < -0.39 is 0 Å². The lowest BCUT2D eigenvalue weighted by Gasteiger charge is -2.25. The van der Waals surface area contributed by atoms with E-state index in [2.05, 4.69) is 486 Å². The lowest BCUT2D eigenvalue weighted by Crippen LogP contribution is -2.09. The van der Waals surface area contributed by atoms with E-state index in [4.69, 9.17) is 4.42 Å². The molecule has 0 spiro atoms. The van der Waals surface area contributed by atoms with Crippen molar-refractivity contribution >= 4 is 328 Å². The number of nitrogens with zero attached hydrogens (tertiary/aromatic N) is 3. The second-order valence-corrected chi connectivity index (χ2v) is 42.9. The van der Waals surface area contributed by atoms with E-state index in [1.807, 2.05) is 91.5 Å². The first-order valence-corrected chi connectivity index (χ1v) is 52.5. The van der Waals surface area contributed by atoms with Crippen LogP contribution in [0.15, 0.2) is 472 Å². The third-order valence-corrected chi connectivity index (χ3v) is 34.6. The average Bonchev–Trinajstić information content (AvgIpc) is 1.64. The Hall–Kier alpha value is -16.2. The number of benzene rings is 21. The maximum Gasteiger partial charge on any atom is 0.135 e. The molecule has 0 aliphatic rings. The summed E-state index contributed by atoms with van der Waals surface area (Å²) in [5, 5.41) is 31.4. The number of thiophene rings is 7. The highest BCUT2D eigenvalue weighted by atomic mass is 32.1. The summed E-state index contributed by atoms with van der Waals surface area (Å²) in [6.07, 6.45) is 0. The monoisotopic (exact) mass is 1920 g/mol. The molecule has 8 heterocycles. The van der Waals surface area contributed by atoms with E-state index in [1.165, 1.54) is 152 Å². The van der Waals surface area contributed by atoms with Crippen LogP contribution in [-0.2, 0) is 0 Å². The maximum absolute atomic E-state index is 6.15. The van der Waals surface area contributed by atoms with Gasteiger partial charge in [-0.3, -0.25) is 0 Å². The highest BCUT2D eigenvalue weighted by Crippen LogP contribution is 2.50. The number of furan rings is 1. The zero-order chi connectivity index (χ0) is 92.2. The standard InChI is InChI=1S/C42H26N2OS2.C42H26N2S3.C42H28N2S2/c1-2-8-28(9-3-1)44(29-16-19-38-34(24-29)31-10-4-6-12-37(31)45-38)30-17-21-41-36(25-30)33-18-14-27(23-42(33)47-41)43-26-15-20-40-35(22-26)32-11-5-7-13-39(32)46-40;1-2-8-28(9-3-1)44(29-16-20-40-35(24-29)32-11-5-7-13-38(32)46-40)30-17-21-41-36(25-30)33-18-14-27(23-42(33)47-41)43-26-15-19-39-34(22-26)31-10-4-6-12-37(31)45-39;1-4-10-28(11-5-1)29-16-20-35-37-25-30(18-22-39(37)45-41(35)24-29)43-31-17-21-36-38-27-34(19-23-40(38)46-42(36)26-31)44(32-12-6-2-7-13-32)33-14-8-3-9-15-33/h2*1-25,43H;1-27,43H. The second kappa shape index (κ2) is 35.1. The minimum atomic E-state index is 0.898. The van der Waals surface area contributed by atoms with Gasteiger partial charge in [-0.15, -0.1) is 79.4 Å². The Morgan fingerprint density at radius 2 is 0.371 bits per heavy atom. The molecule has 0 amide bonds. The molecule has 21 aromatic carbocycles. The Kier molecular flexibility index (Phi) is 20.8. The summed E-state index contributed by atoms with van der Waals surface area (Å²) in [4.78, 5) is 7.05. The number of hydrogen-bond acceptors (Lipinski definition) is 14. The van der Waals surface area contributed by atoms with Gasteiger partial charge in [0, 0.05) is 237 Å². The zero-order valence-electron chi connectivity index (χ0n) is 75.1. The molecule has 0 radical (unpaired) electrons. The molecule has 8 aromatic heterocycles. The summed E-state index contributed by atoms with van der Waals surface area (Å²) in [5.41, 5.74) is 21.1. The smallest absolute Gasteiger partial charge is 0.135 e. The molecule has 0 fully saturated rings. The SMILES string of the molecule is c1ccc(-c2ccc3c(c2)sc2ccc(Nc4ccc5c(c4)sc4ccc(N(c6ccccc6)c6ccccc6)cc45)cc23)cc1.c1ccc(N(c2ccc3oc4ccccc4c3c2)c2ccc3sc4cc(Nc5ccc6sc7ccccc7c6c5)ccc4c3c2)cc1.c1ccc(N(c2ccc3sc4ccccc4c3c2)c2ccc3sc4cc(Nc5ccc6sc7ccccc7c6c5)ccc4c3c2)cc1. The van der Waals surface area contributed by atoms with Gasteiger partial charge >= 0.3 is 0 Å². The normalized spacial score (nSPS) is 11.7. The number of fused-ring (bicyclic) bond motifs is 24. The van der Waals surface area contributed by atoms with E-state index in [0.717, 1.165) is 107 Å². The van der Waals surface area contributed by atoms with Gasteiger partial charge in [-0.25, -0.2) is 0 Å². The molecule has 29 aromatic rings. The summed E-state index contributed by atoms with van der Waals surface area (Å²) in [6, 6.07) is 169. The van der Waals surface area contributed by atoms with Gasteiger partial charge in [0.25, 0.3) is 0 Å². The van der Waals surface area contributed by atoms with Crippen molar-refractivity contribution in [2.24, 2.45) is 0 Å². The first kappa shape index (κ1) is 83.2. The van der Waals surface area contributed by atoms with E-state index in [0.29, 0.717) is 0 Å². The van der Waals surface area contributed by atoms with Crippen LogP contribution in [0.2, 0.25) is 0 Å².